The van der Waals surface area contributed by atoms with Gasteiger partial charge in [-0.2, -0.15) is 0 Å². The second-order valence-corrected chi connectivity index (χ2v) is 5.83. The van der Waals surface area contributed by atoms with Crippen LogP contribution < -0.4 is 0 Å². The van der Waals surface area contributed by atoms with E-state index in [0.29, 0.717) is 16.1 Å². The highest BCUT2D eigenvalue weighted by atomic mass is 35.5. The quantitative estimate of drug-likeness (QED) is 0.828. The summed E-state index contributed by atoms with van der Waals surface area (Å²) >= 11 is 5.80. The molecular formula is C18H17ClO5. The third kappa shape index (κ3) is 4.73. The standard InChI is InChI=1S/C18H17ClO5/c1-11(2)24-17(21)13-5-3-12(4-6-13)10-23-18(22)15-9-14(19)7-8-16(15)20/h3-9,11,20H,10H2,1-2H3. The van der Waals surface area contributed by atoms with E-state index < -0.39 is 11.9 Å². The Kier molecular flexibility index (Phi) is 5.82. The summed E-state index contributed by atoms with van der Waals surface area (Å²) in [5.74, 6) is -1.29. The summed E-state index contributed by atoms with van der Waals surface area (Å²) < 4.78 is 10.2. The highest BCUT2D eigenvalue weighted by Crippen LogP contribution is 2.22. The van der Waals surface area contributed by atoms with Gasteiger partial charge in [-0.3, -0.25) is 0 Å². The van der Waals surface area contributed by atoms with Crippen molar-refractivity contribution in [3.05, 3.63) is 64.2 Å². The molecular weight excluding hydrogens is 332 g/mol. The van der Waals surface area contributed by atoms with E-state index in [1.807, 2.05) is 0 Å². The van der Waals surface area contributed by atoms with E-state index in [2.05, 4.69) is 0 Å². The van der Waals surface area contributed by atoms with Gasteiger partial charge >= 0.3 is 11.9 Å². The maximum absolute atomic E-state index is 12.0. The Labute approximate surface area is 144 Å². The molecule has 0 saturated heterocycles. The van der Waals surface area contributed by atoms with Crippen molar-refractivity contribution in [2.45, 2.75) is 26.6 Å². The predicted molar refractivity (Wildman–Crippen MR) is 89.2 cm³/mol. The van der Waals surface area contributed by atoms with Crippen molar-refractivity contribution in [2.24, 2.45) is 0 Å². The van der Waals surface area contributed by atoms with Crippen LogP contribution in [-0.4, -0.2) is 23.1 Å². The van der Waals surface area contributed by atoms with E-state index in [1.165, 1.54) is 18.2 Å². The smallest absolute Gasteiger partial charge is 0.342 e. The monoisotopic (exact) mass is 348 g/mol. The van der Waals surface area contributed by atoms with Crippen LogP contribution in [0.5, 0.6) is 5.75 Å². The topological polar surface area (TPSA) is 72.8 Å². The second kappa shape index (κ2) is 7.84. The van der Waals surface area contributed by atoms with Gasteiger partial charge in [-0.25, -0.2) is 9.59 Å². The van der Waals surface area contributed by atoms with Gasteiger partial charge < -0.3 is 14.6 Å². The molecule has 0 aliphatic heterocycles. The number of rotatable bonds is 5. The molecule has 0 spiro atoms. The van der Waals surface area contributed by atoms with E-state index in [4.69, 9.17) is 21.1 Å². The molecule has 2 rings (SSSR count). The molecule has 0 aliphatic carbocycles. The number of carbonyl (C=O) groups excluding carboxylic acids is 2. The van der Waals surface area contributed by atoms with Gasteiger partial charge in [0.2, 0.25) is 0 Å². The van der Waals surface area contributed by atoms with Crippen LogP contribution in [0.2, 0.25) is 5.02 Å². The van der Waals surface area contributed by atoms with Crippen LogP contribution in [-0.2, 0) is 16.1 Å². The molecule has 0 saturated carbocycles. The van der Waals surface area contributed by atoms with Crippen molar-refractivity contribution in [1.82, 2.24) is 0 Å². The molecule has 0 unspecified atom stereocenters. The predicted octanol–water partition coefficient (Wildman–Crippen LogP) is 3.97. The molecule has 0 aromatic heterocycles. The number of phenolic OH excluding ortho intramolecular Hbond substituents is 1. The summed E-state index contributed by atoms with van der Waals surface area (Å²) in [6.07, 6.45) is -0.191. The Morgan fingerprint density at radius 1 is 1.08 bits per heavy atom. The molecule has 126 valence electrons. The van der Waals surface area contributed by atoms with Crippen molar-refractivity contribution < 1.29 is 24.2 Å². The summed E-state index contributed by atoms with van der Waals surface area (Å²) in [6.45, 7) is 3.55. The molecule has 2 aromatic carbocycles. The van der Waals surface area contributed by atoms with Crippen molar-refractivity contribution in [2.75, 3.05) is 0 Å². The molecule has 24 heavy (non-hydrogen) atoms. The maximum Gasteiger partial charge on any atom is 0.342 e. The van der Waals surface area contributed by atoms with Gasteiger partial charge in [0.1, 0.15) is 17.9 Å². The first kappa shape index (κ1) is 17.8. The zero-order chi connectivity index (χ0) is 17.7. The summed E-state index contributed by atoms with van der Waals surface area (Å²) in [6, 6.07) is 10.7. The lowest BCUT2D eigenvalue weighted by molar-refractivity contribution is 0.0375. The minimum atomic E-state index is -0.682. The van der Waals surface area contributed by atoms with Crippen LogP contribution >= 0.6 is 11.6 Å². The first-order valence-corrected chi connectivity index (χ1v) is 7.70. The van der Waals surface area contributed by atoms with Crippen LogP contribution in [0.4, 0.5) is 0 Å². The summed E-state index contributed by atoms with van der Waals surface area (Å²) in [4.78, 5) is 23.7. The van der Waals surface area contributed by atoms with Crippen molar-refractivity contribution in [1.29, 1.82) is 0 Å². The molecule has 0 heterocycles. The van der Waals surface area contributed by atoms with Gasteiger partial charge in [0, 0.05) is 5.02 Å². The van der Waals surface area contributed by atoms with E-state index in [1.54, 1.807) is 38.1 Å². The fraction of sp³-hybridized carbons (Fsp3) is 0.222. The molecule has 0 amide bonds. The highest BCUT2D eigenvalue weighted by molar-refractivity contribution is 6.31. The van der Waals surface area contributed by atoms with Crippen molar-refractivity contribution >= 4 is 23.5 Å². The van der Waals surface area contributed by atoms with Crippen molar-refractivity contribution in [3.63, 3.8) is 0 Å². The molecule has 6 heteroatoms. The molecule has 0 radical (unpaired) electrons. The van der Waals surface area contributed by atoms with E-state index >= 15 is 0 Å². The Hall–Kier alpha value is -2.53. The van der Waals surface area contributed by atoms with Gasteiger partial charge in [0.25, 0.3) is 0 Å². The fourth-order valence-corrected chi connectivity index (χ4v) is 2.09. The molecule has 2 aromatic rings. The van der Waals surface area contributed by atoms with Crippen molar-refractivity contribution in [3.8, 4) is 5.75 Å². The summed E-state index contributed by atoms with van der Waals surface area (Å²) in [5.41, 5.74) is 1.12. The number of hydrogen-bond acceptors (Lipinski definition) is 5. The van der Waals surface area contributed by atoms with Crippen LogP contribution in [0.1, 0.15) is 40.1 Å². The number of benzene rings is 2. The molecule has 0 atom stereocenters. The number of aromatic hydroxyl groups is 1. The van der Waals surface area contributed by atoms with Gasteiger partial charge in [0.15, 0.2) is 0 Å². The Morgan fingerprint density at radius 2 is 1.75 bits per heavy atom. The lowest BCUT2D eigenvalue weighted by Gasteiger charge is -2.09. The number of esters is 2. The van der Waals surface area contributed by atoms with E-state index in [9.17, 15) is 14.7 Å². The third-order valence-corrected chi connectivity index (χ3v) is 3.32. The normalized spacial score (nSPS) is 10.5. The van der Waals surface area contributed by atoms with Crippen LogP contribution in [0, 0.1) is 0 Å². The van der Waals surface area contributed by atoms with Gasteiger partial charge in [-0.15, -0.1) is 0 Å². The minimum Gasteiger partial charge on any atom is -0.507 e. The zero-order valence-electron chi connectivity index (χ0n) is 13.3. The largest absolute Gasteiger partial charge is 0.507 e. The Balaban J connectivity index is 1.98. The average molecular weight is 349 g/mol. The third-order valence-electron chi connectivity index (χ3n) is 3.08. The van der Waals surface area contributed by atoms with Gasteiger partial charge in [-0.1, -0.05) is 23.7 Å². The summed E-state index contributed by atoms with van der Waals surface area (Å²) in [5, 5.41) is 9.99. The van der Waals surface area contributed by atoms with Gasteiger partial charge in [0.05, 0.1) is 11.7 Å². The highest BCUT2D eigenvalue weighted by Gasteiger charge is 2.14. The number of halogens is 1. The molecule has 5 nitrogen and oxygen atoms in total. The number of phenols is 1. The van der Waals surface area contributed by atoms with Crippen LogP contribution in [0.15, 0.2) is 42.5 Å². The lowest BCUT2D eigenvalue weighted by Crippen LogP contribution is -2.11. The summed E-state index contributed by atoms with van der Waals surface area (Å²) in [7, 11) is 0. The first-order valence-electron chi connectivity index (χ1n) is 7.32. The maximum atomic E-state index is 12.0. The zero-order valence-corrected chi connectivity index (χ0v) is 14.0. The molecule has 0 fully saturated rings. The lowest BCUT2D eigenvalue weighted by atomic mass is 10.1. The number of ether oxygens (including phenoxy) is 2. The fourth-order valence-electron chi connectivity index (χ4n) is 1.92. The van der Waals surface area contributed by atoms with E-state index in [0.717, 1.165) is 0 Å². The van der Waals surface area contributed by atoms with Gasteiger partial charge in [-0.05, 0) is 49.7 Å². The number of hydrogen-bond donors (Lipinski definition) is 1. The Morgan fingerprint density at radius 3 is 2.38 bits per heavy atom. The Bertz CT molecular complexity index is 738. The molecule has 0 aliphatic rings. The minimum absolute atomic E-state index is 0.000341. The van der Waals surface area contributed by atoms with Crippen LogP contribution in [0.3, 0.4) is 0 Å². The SMILES string of the molecule is CC(C)OC(=O)c1ccc(COC(=O)c2cc(Cl)ccc2O)cc1. The molecule has 1 N–H and O–H groups in total. The first-order chi connectivity index (χ1) is 11.4. The van der Waals surface area contributed by atoms with Crippen LogP contribution in [0.25, 0.3) is 0 Å². The number of carbonyl (C=O) groups is 2. The molecule has 0 bridgehead atoms. The average Bonchev–Trinajstić information content (AvgIpc) is 2.54. The van der Waals surface area contributed by atoms with E-state index in [-0.39, 0.29) is 24.0 Å². The second-order valence-electron chi connectivity index (χ2n) is 5.39.